The number of rotatable bonds is 8. The highest BCUT2D eigenvalue weighted by atomic mass is 32.1. The lowest BCUT2D eigenvalue weighted by Crippen LogP contribution is -2.43. The monoisotopic (exact) mass is 420 g/mol. The second kappa shape index (κ2) is 10.9. The standard InChI is InChI=1S/C20H32N6S2/c1-4-18-12-23-19(28-18)5-8-22-20(21-3)24-11-16-6-9-26(10-7-16)13-17-14-27-15(2)25-17/h12,14,16H,4-11,13H2,1-3H3,(H2,21,22,24). The topological polar surface area (TPSA) is 65.4 Å². The normalized spacial score (nSPS) is 16.5. The first-order valence-corrected chi connectivity index (χ1v) is 11.9. The number of nitrogens with zero attached hydrogens (tertiary/aromatic N) is 4. The summed E-state index contributed by atoms with van der Waals surface area (Å²) in [6.07, 6.45) is 6.46. The van der Waals surface area contributed by atoms with Gasteiger partial charge in [-0.15, -0.1) is 22.7 Å². The molecular weight excluding hydrogens is 388 g/mol. The minimum atomic E-state index is 0.707. The fourth-order valence-electron chi connectivity index (χ4n) is 3.44. The first-order valence-electron chi connectivity index (χ1n) is 10.2. The van der Waals surface area contributed by atoms with Crippen molar-refractivity contribution in [3.8, 4) is 0 Å². The molecule has 3 rings (SSSR count). The van der Waals surface area contributed by atoms with E-state index < -0.39 is 0 Å². The van der Waals surface area contributed by atoms with Gasteiger partial charge in [0.05, 0.1) is 15.7 Å². The summed E-state index contributed by atoms with van der Waals surface area (Å²) >= 11 is 3.55. The highest BCUT2D eigenvalue weighted by molar-refractivity contribution is 7.11. The maximum atomic E-state index is 4.59. The SMILES string of the molecule is CCc1cnc(CCNC(=NC)NCC2CCN(Cc3csc(C)n3)CC2)s1. The van der Waals surface area contributed by atoms with Crippen LogP contribution in [0.5, 0.6) is 0 Å². The quantitative estimate of drug-likeness (QED) is 0.507. The maximum Gasteiger partial charge on any atom is 0.190 e. The predicted molar refractivity (Wildman–Crippen MR) is 119 cm³/mol. The van der Waals surface area contributed by atoms with E-state index in [4.69, 9.17) is 0 Å². The van der Waals surface area contributed by atoms with Gasteiger partial charge in [0.15, 0.2) is 5.96 Å². The van der Waals surface area contributed by atoms with Gasteiger partial charge in [0.25, 0.3) is 0 Å². The van der Waals surface area contributed by atoms with Crippen molar-refractivity contribution in [3.05, 3.63) is 32.2 Å². The van der Waals surface area contributed by atoms with Gasteiger partial charge in [-0.3, -0.25) is 9.89 Å². The van der Waals surface area contributed by atoms with Crippen LogP contribution in [-0.2, 0) is 19.4 Å². The van der Waals surface area contributed by atoms with Crippen molar-refractivity contribution < 1.29 is 0 Å². The van der Waals surface area contributed by atoms with Crippen molar-refractivity contribution in [1.29, 1.82) is 0 Å². The molecule has 0 aromatic carbocycles. The van der Waals surface area contributed by atoms with Crippen LogP contribution in [0.1, 0.15) is 40.4 Å². The number of aryl methyl sites for hydroxylation is 2. The molecule has 2 aromatic rings. The molecule has 1 aliphatic heterocycles. The minimum Gasteiger partial charge on any atom is -0.356 e. The summed E-state index contributed by atoms with van der Waals surface area (Å²) < 4.78 is 0. The maximum absolute atomic E-state index is 4.59. The molecule has 3 heterocycles. The Kier molecular flexibility index (Phi) is 8.24. The molecule has 154 valence electrons. The molecule has 1 aliphatic rings. The molecule has 0 unspecified atom stereocenters. The number of hydrogen-bond donors (Lipinski definition) is 2. The van der Waals surface area contributed by atoms with Gasteiger partial charge in [-0.2, -0.15) is 0 Å². The zero-order chi connectivity index (χ0) is 19.8. The van der Waals surface area contributed by atoms with Crippen LogP contribution < -0.4 is 10.6 Å². The van der Waals surface area contributed by atoms with E-state index in [2.05, 4.69) is 49.7 Å². The molecule has 1 saturated heterocycles. The molecule has 0 radical (unpaired) electrons. The van der Waals surface area contributed by atoms with Crippen LogP contribution in [0.2, 0.25) is 0 Å². The van der Waals surface area contributed by atoms with Gasteiger partial charge < -0.3 is 10.6 Å². The predicted octanol–water partition coefficient (Wildman–Crippen LogP) is 3.09. The van der Waals surface area contributed by atoms with E-state index in [-0.39, 0.29) is 0 Å². The van der Waals surface area contributed by atoms with E-state index in [1.54, 1.807) is 11.3 Å². The summed E-state index contributed by atoms with van der Waals surface area (Å²) in [4.78, 5) is 17.3. The van der Waals surface area contributed by atoms with Crippen LogP contribution in [0.4, 0.5) is 0 Å². The van der Waals surface area contributed by atoms with Gasteiger partial charge >= 0.3 is 0 Å². The number of aromatic nitrogens is 2. The number of thiazole rings is 2. The van der Waals surface area contributed by atoms with E-state index in [1.807, 2.05) is 24.6 Å². The highest BCUT2D eigenvalue weighted by Gasteiger charge is 2.20. The lowest BCUT2D eigenvalue weighted by Gasteiger charge is -2.31. The zero-order valence-corrected chi connectivity index (χ0v) is 18.8. The molecule has 0 amide bonds. The van der Waals surface area contributed by atoms with E-state index in [9.17, 15) is 0 Å². The smallest absolute Gasteiger partial charge is 0.190 e. The third kappa shape index (κ3) is 6.53. The molecule has 8 heteroatoms. The molecule has 2 N–H and O–H groups in total. The first kappa shape index (κ1) is 21.2. The molecule has 1 fully saturated rings. The van der Waals surface area contributed by atoms with Crippen molar-refractivity contribution in [1.82, 2.24) is 25.5 Å². The second-order valence-corrected chi connectivity index (χ2v) is 9.54. The van der Waals surface area contributed by atoms with Crippen molar-refractivity contribution >= 4 is 28.6 Å². The summed E-state index contributed by atoms with van der Waals surface area (Å²) in [7, 11) is 1.84. The Bertz CT molecular complexity index is 745. The third-order valence-corrected chi connectivity index (χ3v) is 7.15. The Labute approximate surface area is 176 Å². The number of likely N-dealkylation sites (tertiary alicyclic amines) is 1. The number of hydrogen-bond acceptors (Lipinski definition) is 6. The highest BCUT2D eigenvalue weighted by Crippen LogP contribution is 2.19. The first-order chi connectivity index (χ1) is 13.7. The van der Waals surface area contributed by atoms with Crippen LogP contribution >= 0.6 is 22.7 Å². The average Bonchev–Trinajstić information content (AvgIpc) is 3.34. The van der Waals surface area contributed by atoms with Crippen LogP contribution in [-0.4, -0.2) is 54.1 Å². The molecule has 0 saturated carbocycles. The minimum absolute atomic E-state index is 0.707. The summed E-state index contributed by atoms with van der Waals surface area (Å²) in [6, 6.07) is 0. The van der Waals surface area contributed by atoms with Crippen LogP contribution in [0, 0.1) is 12.8 Å². The lowest BCUT2D eigenvalue weighted by atomic mass is 9.97. The van der Waals surface area contributed by atoms with Crippen LogP contribution in [0.25, 0.3) is 0 Å². The van der Waals surface area contributed by atoms with Gasteiger partial charge in [0, 0.05) is 49.6 Å². The Morgan fingerprint density at radius 1 is 1.32 bits per heavy atom. The van der Waals surface area contributed by atoms with Gasteiger partial charge in [-0.1, -0.05) is 6.92 Å². The largest absolute Gasteiger partial charge is 0.356 e. The fraction of sp³-hybridized carbons (Fsp3) is 0.650. The summed E-state index contributed by atoms with van der Waals surface area (Å²) in [5.41, 5.74) is 1.22. The number of guanidine groups is 1. The summed E-state index contributed by atoms with van der Waals surface area (Å²) in [6.45, 7) is 9.39. The molecule has 0 atom stereocenters. The van der Waals surface area contributed by atoms with E-state index in [0.717, 1.165) is 56.5 Å². The summed E-state index contributed by atoms with van der Waals surface area (Å²) in [5.74, 6) is 1.60. The summed E-state index contributed by atoms with van der Waals surface area (Å²) in [5, 5.41) is 11.5. The Morgan fingerprint density at radius 3 is 2.79 bits per heavy atom. The van der Waals surface area contributed by atoms with Crippen LogP contribution in [0.3, 0.4) is 0 Å². The molecule has 0 bridgehead atoms. The van der Waals surface area contributed by atoms with Crippen LogP contribution in [0.15, 0.2) is 16.6 Å². The number of aliphatic imine (C=N–C) groups is 1. The van der Waals surface area contributed by atoms with Gasteiger partial charge in [0.1, 0.15) is 0 Å². The van der Waals surface area contributed by atoms with Crippen molar-refractivity contribution in [2.24, 2.45) is 10.9 Å². The van der Waals surface area contributed by atoms with Crippen molar-refractivity contribution in [2.45, 2.75) is 46.1 Å². The van der Waals surface area contributed by atoms with Gasteiger partial charge in [0.2, 0.25) is 0 Å². The van der Waals surface area contributed by atoms with E-state index in [0.29, 0.717) is 5.92 Å². The number of nitrogens with one attached hydrogen (secondary N) is 2. The van der Waals surface area contributed by atoms with Gasteiger partial charge in [-0.25, -0.2) is 9.97 Å². The Hall–Kier alpha value is -1.51. The van der Waals surface area contributed by atoms with Gasteiger partial charge in [-0.05, 0) is 45.2 Å². The Morgan fingerprint density at radius 2 is 2.14 bits per heavy atom. The van der Waals surface area contributed by atoms with Crippen molar-refractivity contribution in [3.63, 3.8) is 0 Å². The molecule has 2 aromatic heterocycles. The molecule has 0 spiro atoms. The zero-order valence-electron chi connectivity index (χ0n) is 17.2. The lowest BCUT2D eigenvalue weighted by molar-refractivity contribution is 0.176. The second-order valence-electron chi connectivity index (χ2n) is 7.28. The molecule has 6 nitrogen and oxygen atoms in total. The third-order valence-electron chi connectivity index (χ3n) is 5.12. The Balaban J connectivity index is 1.32. The molecule has 28 heavy (non-hydrogen) atoms. The average molecular weight is 421 g/mol. The fourth-order valence-corrected chi connectivity index (χ4v) is 4.90. The number of piperidine rings is 1. The van der Waals surface area contributed by atoms with E-state index >= 15 is 0 Å². The van der Waals surface area contributed by atoms with Crippen molar-refractivity contribution in [2.75, 3.05) is 33.2 Å². The van der Waals surface area contributed by atoms with E-state index in [1.165, 1.54) is 28.4 Å². The molecule has 0 aliphatic carbocycles. The molecular formula is C20H32N6S2.